The third kappa shape index (κ3) is 2.29. The summed E-state index contributed by atoms with van der Waals surface area (Å²) in [6.45, 7) is 1.80. The second kappa shape index (κ2) is 4.71. The van der Waals surface area contributed by atoms with Gasteiger partial charge in [0.25, 0.3) is 5.91 Å². The summed E-state index contributed by atoms with van der Waals surface area (Å²) in [7, 11) is 1.55. The van der Waals surface area contributed by atoms with Gasteiger partial charge in [-0.1, -0.05) is 0 Å². The number of amides is 2. The molecule has 0 saturated carbocycles. The molecule has 76 valence electrons. The number of carbonyl (C=O) groups excluding carboxylic acids is 2. The molecular formula is C8H11N3O2S. The number of hydrogen-bond acceptors (Lipinski definition) is 4. The van der Waals surface area contributed by atoms with E-state index in [0.717, 1.165) is 0 Å². The Bertz CT molecular complexity index is 337. The van der Waals surface area contributed by atoms with E-state index in [9.17, 15) is 9.59 Å². The van der Waals surface area contributed by atoms with Gasteiger partial charge in [0.1, 0.15) is 0 Å². The molecule has 0 aliphatic carbocycles. The molecule has 5 nitrogen and oxygen atoms in total. The molecule has 0 aliphatic heterocycles. The predicted molar refractivity (Wildman–Crippen MR) is 53.1 cm³/mol. The van der Waals surface area contributed by atoms with E-state index in [0.29, 0.717) is 17.1 Å². The summed E-state index contributed by atoms with van der Waals surface area (Å²) in [5, 5.41) is 7.21. The SMILES string of the molecule is CNC(=O)c1nc(C(C)NC=O)cs1. The standard InChI is InChI=1S/C8H11N3O2S/c1-5(10-4-12)6-3-14-8(11-6)7(13)9-2/h3-5H,1-2H3,(H,9,13)(H,10,12). The van der Waals surface area contributed by atoms with Crippen LogP contribution in [0.4, 0.5) is 0 Å². The van der Waals surface area contributed by atoms with E-state index in [1.54, 1.807) is 19.4 Å². The lowest BCUT2D eigenvalue weighted by atomic mass is 10.3. The van der Waals surface area contributed by atoms with Crippen LogP contribution >= 0.6 is 11.3 Å². The molecule has 1 atom stereocenters. The summed E-state index contributed by atoms with van der Waals surface area (Å²) in [5.74, 6) is -0.209. The number of thiazole rings is 1. The molecule has 0 fully saturated rings. The molecule has 2 amide bonds. The second-order valence-electron chi connectivity index (χ2n) is 2.66. The summed E-state index contributed by atoms with van der Waals surface area (Å²) in [6.07, 6.45) is 0.615. The van der Waals surface area contributed by atoms with Gasteiger partial charge in [-0.2, -0.15) is 0 Å². The zero-order valence-corrected chi connectivity index (χ0v) is 8.72. The maximum absolute atomic E-state index is 11.2. The summed E-state index contributed by atoms with van der Waals surface area (Å²) >= 11 is 1.26. The molecule has 0 aromatic carbocycles. The van der Waals surface area contributed by atoms with Gasteiger partial charge in [-0.3, -0.25) is 9.59 Å². The highest BCUT2D eigenvalue weighted by atomic mass is 32.1. The van der Waals surface area contributed by atoms with E-state index in [4.69, 9.17) is 0 Å². The third-order valence-electron chi connectivity index (χ3n) is 1.70. The number of hydrogen-bond donors (Lipinski definition) is 2. The molecule has 0 aliphatic rings. The minimum atomic E-state index is -0.209. The minimum absolute atomic E-state index is 0.165. The van der Waals surface area contributed by atoms with Crippen molar-refractivity contribution in [3.63, 3.8) is 0 Å². The van der Waals surface area contributed by atoms with Crippen LogP contribution in [0.25, 0.3) is 0 Å². The number of nitrogens with zero attached hydrogens (tertiary/aromatic N) is 1. The van der Waals surface area contributed by atoms with Crippen LogP contribution in [0, 0.1) is 0 Å². The fraction of sp³-hybridized carbons (Fsp3) is 0.375. The Morgan fingerprint density at radius 3 is 3.00 bits per heavy atom. The van der Waals surface area contributed by atoms with Crippen molar-refractivity contribution >= 4 is 23.7 Å². The van der Waals surface area contributed by atoms with Crippen LogP contribution in [0.3, 0.4) is 0 Å². The van der Waals surface area contributed by atoms with Crippen molar-refractivity contribution in [3.8, 4) is 0 Å². The first-order valence-electron chi connectivity index (χ1n) is 4.06. The van der Waals surface area contributed by atoms with Crippen LogP contribution in [0.1, 0.15) is 28.5 Å². The monoisotopic (exact) mass is 213 g/mol. The van der Waals surface area contributed by atoms with Crippen molar-refractivity contribution in [3.05, 3.63) is 16.1 Å². The number of nitrogens with one attached hydrogen (secondary N) is 2. The Balaban J connectivity index is 2.76. The van der Waals surface area contributed by atoms with Crippen LogP contribution in [0.5, 0.6) is 0 Å². The Hall–Kier alpha value is -1.43. The Labute approximate surface area is 85.5 Å². The summed E-state index contributed by atoms with van der Waals surface area (Å²) in [6, 6.07) is -0.165. The molecule has 1 aromatic heterocycles. The highest BCUT2D eigenvalue weighted by molar-refractivity contribution is 7.11. The van der Waals surface area contributed by atoms with E-state index < -0.39 is 0 Å². The highest BCUT2D eigenvalue weighted by Crippen LogP contribution is 2.15. The van der Waals surface area contributed by atoms with E-state index in [2.05, 4.69) is 15.6 Å². The number of rotatable bonds is 4. The molecule has 1 rings (SSSR count). The average Bonchev–Trinajstić information content (AvgIpc) is 2.66. The van der Waals surface area contributed by atoms with Crippen LogP contribution in [0.2, 0.25) is 0 Å². The van der Waals surface area contributed by atoms with Crippen molar-refractivity contribution in [1.29, 1.82) is 0 Å². The van der Waals surface area contributed by atoms with E-state index >= 15 is 0 Å². The molecule has 0 bridgehead atoms. The quantitative estimate of drug-likeness (QED) is 0.707. The smallest absolute Gasteiger partial charge is 0.280 e. The Morgan fingerprint density at radius 2 is 2.43 bits per heavy atom. The Kier molecular flexibility index (Phi) is 3.58. The third-order valence-corrected chi connectivity index (χ3v) is 2.56. The molecule has 14 heavy (non-hydrogen) atoms. The largest absolute Gasteiger partial charge is 0.353 e. The van der Waals surface area contributed by atoms with E-state index in [1.165, 1.54) is 11.3 Å². The molecule has 2 N–H and O–H groups in total. The molecule has 1 aromatic rings. The molecule has 6 heteroatoms. The van der Waals surface area contributed by atoms with Crippen molar-refractivity contribution < 1.29 is 9.59 Å². The van der Waals surface area contributed by atoms with Gasteiger partial charge in [-0.25, -0.2) is 4.98 Å². The summed E-state index contributed by atoms with van der Waals surface area (Å²) < 4.78 is 0. The van der Waals surface area contributed by atoms with Crippen LogP contribution < -0.4 is 10.6 Å². The predicted octanol–water partition coefficient (Wildman–Crippen LogP) is 0.310. The van der Waals surface area contributed by atoms with Gasteiger partial charge >= 0.3 is 0 Å². The summed E-state index contributed by atoms with van der Waals surface area (Å²) in [4.78, 5) is 25.4. The van der Waals surface area contributed by atoms with Gasteiger partial charge < -0.3 is 10.6 Å². The number of carbonyl (C=O) groups is 2. The lowest BCUT2D eigenvalue weighted by Crippen LogP contribution is -2.19. The van der Waals surface area contributed by atoms with Crippen LogP contribution in [-0.4, -0.2) is 24.3 Å². The molecule has 1 unspecified atom stereocenters. The lowest BCUT2D eigenvalue weighted by molar-refractivity contribution is -0.110. The van der Waals surface area contributed by atoms with Crippen molar-refractivity contribution in [2.75, 3.05) is 7.05 Å². The van der Waals surface area contributed by atoms with Crippen molar-refractivity contribution in [2.24, 2.45) is 0 Å². The van der Waals surface area contributed by atoms with Gasteiger partial charge in [0.2, 0.25) is 6.41 Å². The normalized spacial score (nSPS) is 11.9. The molecule has 1 heterocycles. The second-order valence-corrected chi connectivity index (χ2v) is 3.52. The molecule has 0 saturated heterocycles. The van der Waals surface area contributed by atoms with Crippen molar-refractivity contribution in [1.82, 2.24) is 15.6 Å². The molecular weight excluding hydrogens is 202 g/mol. The lowest BCUT2D eigenvalue weighted by Gasteiger charge is -2.04. The van der Waals surface area contributed by atoms with E-state index in [1.807, 2.05) is 0 Å². The highest BCUT2D eigenvalue weighted by Gasteiger charge is 2.12. The minimum Gasteiger partial charge on any atom is -0.353 e. The fourth-order valence-corrected chi connectivity index (χ4v) is 1.74. The summed E-state index contributed by atoms with van der Waals surface area (Å²) in [5.41, 5.74) is 0.695. The molecule has 0 spiro atoms. The van der Waals surface area contributed by atoms with Gasteiger partial charge in [0.15, 0.2) is 5.01 Å². The topological polar surface area (TPSA) is 71.1 Å². The number of aromatic nitrogens is 1. The van der Waals surface area contributed by atoms with Gasteiger partial charge in [0, 0.05) is 12.4 Å². The fourth-order valence-electron chi connectivity index (χ4n) is 0.884. The maximum Gasteiger partial charge on any atom is 0.280 e. The van der Waals surface area contributed by atoms with Crippen LogP contribution in [-0.2, 0) is 4.79 Å². The van der Waals surface area contributed by atoms with Gasteiger partial charge in [-0.15, -0.1) is 11.3 Å². The zero-order valence-electron chi connectivity index (χ0n) is 7.90. The maximum atomic E-state index is 11.2. The zero-order chi connectivity index (χ0) is 10.6. The van der Waals surface area contributed by atoms with Crippen LogP contribution in [0.15, 0.2) is 5.38 Å². The Morgan fingerprint density at radius 1 is 1.71 bits per heavy atom. The first-order valence-corrected chi connectivity index (χ1v) is 4.94. The molecule has 0 radical (unpaired) electrons. The van der Waals surface area contributed by atoms with E-state index in [-0.39, 0.29) is 11.9 Å². The first-order chi connectivity index (χ1) is 6.69. The average molecular weight is 213 g/mol. The van der Waals surface area contributed by atoms with Crippen molar-refractivity contribution in [2.45, 2.75) is 13.0 Å². The van der Waals surface area contributed by atoms with Gasteiger partial charge in [-0.05, 0) is 6.92 Å². The van der Waals surface area contributed by atoms with Gasteiger partial charge in [0.05, 0.1) is 11.7 Å². The first kappa shape index (κ1) is 10.6.